The smallest absolute Gasteiger partial charge is 0.428 e. The lowest BCUT2D eigenvalue weighted by Gasteiger charge is -2.23. The summed E-state index contributed by atoms with van der Waals surface area (Å²) >= 11 is 0. The first-order valence-corrected chi connectivity index (χ1v) is 8.04. The Morgan fingerprint density at radius 1 is 1.37 bits per heavy atom. The molecule has 0 spiro atoms. The Morgan fingerprint density at radius 3 is 2.63 bits per heavy atom. The molecule has 1 unspecified atom stereocenters. The van der Waals surface area contributed by atoms with E-state index < -0.39 is 28.7 Å². The molecule has 27 heavy (non-hydrogen) atoms. The lowest BCUT2D eigenvalue weighted by molar-refractivity contribution is -0.384. The Labute approximate surface area is 153 Å². The molecule has 3 rings (SSSR count). The fraction of sp³-hybridized carbons (Fsp3) is 0.375. The molecule has 11 nitrogen and oxygen atoms in total. The summed E-state index contributed by atoms with van der Waals surface area (Å²) in [6, 6.07) is 5.67. The van der Waals surface area contributed by atoms with Crippen LogP contribution < -0.4 is 5.43 Å². The molecule has 0 aliphatic carbocycles. The average molecular weight is 375 g/mol. The van der Waals surface area contributed by atoms with E-state index in [2.05, 4.69) is 15.7 Å². The molecule has 1 aliphatic heterocycles. The highest BCUT2D eigenvalue weighted by Gasteiger charge is 2.34. The van der Waals surface area contributed by atoms with Gasteiger partial charge in [0.05, 0.1) is 4.92 Å². The van der Waals surface area contributed by atoms with Crippen molar-refractivity contribution in [1.29, 1.82) is 0 Å². The second-order valence-corrected chi connectivity index (χ2v) is 6.86. The molecule has 0 fully saturated rings. The van der Waals surface area contributed by atoms with Gasteiger partial charge in [-0.2, -0.15) is 4.79 Å². The normalized spacial score (nSPS) is 16.3. The summed E-state index contributed by atoms with van der Waals surface area (Å²) in [6.45, 7) is 5.14. The fourth-order valence-electron chi connectivity index (χ4n) is 2.52. The van der Waals surface area contributed by atoms with Gasteiger partial charge in [0.1, 0.15) is 17.4 Å². The van der Waals surface area contributed by atoms with Crippen LogP contribution in [-0.2, 0) is 15.9 Å². The Hall–Kier alpha value is -3.50. The predicted molar refractivity (Wildman–Crippen MR) is 90.6 cm³/mol. The van der Waals surface area contributed by atoms with Crippen LogP contribution in [0, 0.1) is 10.1 Å². The van der Waals surface area contributed by atoms with E-state index in [-0.39, 0.29) is 17.8 Å². The number of hydrogen-bond acceptors (Lipinski definition) is 8. The van der Waals surface area contributed by atoms with Crippen molar-refractivity contribution >= 4 is 17.7 Å². The largest absolute Gasteiger partial charge is 0.452 e. The third-order valence-corrected chi connectivity index (χ3v) is 3.66. The summed E-state index contributed by atoms with van der Waals surface area (Å²) in [5, 5.41) is 18.2. The standard InChI is InChI=1S/C16H17N5O6/c1-16(2,3)27-15(23)18-20-11-8-12(26-14(22)13(11)17-19-20)9-4-6-10(7-5-9)21(24)25/h4-7,12H,8H2,1-3H3,(H,18,23). The summed E-state index contributed by atoms with van der Waals surface area (Å²) in [5.74, 6) is -0.697. The molecule has 1 atom stereocenters. The number of carbonyl (C=O) groups is 2. The number of aromatic nitrogens is 3. The summed E-state index contributed by atoms with van der Waals surface area (Å²) in [4.78, 5) is 35.4. The zero-order chi connectivity index (χ0) is 19.8. The maximum Gasteiger partial charge on any atom is 0.428 e. The van der Waals surface area contributed by atoms with Gasteiger partial charge in [-0.25, -0.2) is 15.0 Å². The van der Waals surface area contributed by atoms with Crippen molar-refractivity contribution in [2.45, 2.75) is 38.9 Å². The number of cyclic esters (lactones) is 1. The zero-order valence-electron chi connectivity index (χ0n) is 14.8. The van der Waals surface area contributed by atoms with Crippen molar-refractivity contribution in [2.24, 2.45) is 0 Å². The molecule has 1 amide bonds. The topological polar surface area (TPSA) is 138 Å². The first-order chi connectivity index (χ1) is 12.6. The van der Waals surface area contributed by atoms with E-state index in [1.807, 2.05) is 0 Å². The van der Waals surface area contributed by atoms with Gasteiger partial charge in [-0.1, -0.05) is 0 Å². The number of esters is 1. The van der Waals surface area contributed by atoms with Crippen LogP contribution in [0.2, 0.25) is 0 Å². The molecule has 2 heterocycles. The molecule has 142 valence electrons. The first kappa shape index (κ1) is 18.3. The van der Waals surface area contributed by atoms with Crippen molar-refractivity contribution in [3.8, 4) is 0 Å². The third kappa shape index (κ3) is 4.02. The number of carbonyl (C=O) groups excluding carboxylic acids is 2. The van der Waals surface area contributed by atoms with Gasteiger partial charge >= 0.3 is 12.1 Å². The monoisotopic (exact) mass is 375 g/mol. The highest BCUT2D eigenvalue weighted by Crippen LogP contribution is 2.30. The molecule has 1 N–H and O–H groups in total. The lowest BCUT2D eigenvalue weighted by Crippen LogP contribution is -2.34. The molecule has 0 bridgehead atoms. The fourth-order valence-corrected chi connectivity index (χ4v) is 2.52. The Bertz CT molecular complexity index is 899. The van der Waals surface area contributed by atoms with Crippen LogP contribution in [0.15, 0.2) is 24.3 Å². The van der Waals surface area contributed by atoms with E-state index in [9.17, 15) is 19.7 Å². The number of rotatable bonds is 3. The van der Waals surface area contributed by atoms with Crippen molar-refractivity contribution in [3.05, 3.63) is 51.3 Å². The van der Waals surface area contributed by atoms with Crippen molar-refractivity contribution in [2.75, 3.05) is 5.43 Å². The number of nitro benzene ring substituents is 1. The van der Waals surface area contributed by atoms with Gasteiger partial charge in [-0.05, 0) is 43.7 Å². The van der Waals surface area contributed by atoms with Gasteiger partial charge in [0, 0.05) is 18.6 Å². The van der Waals surface area contributed by atoms with E-state index in [0.29, 0.717) is 11.3 Å². The van der Waals surface area contributed by atoms with Crippen LogP contribution in [0.5, 0.6) is 0 Å². The van der Waals surface area contributed by atoms with E-state index in [1.165, 1.54) is 24.3 Å². The Balaban J connectivity index is 1.81. The van der Waals surface area contributed by atoms with Crippen molar-refractivity contribution in [1.82, 2.24) is 15.1 Å². The number of fused-ring (bicyclic) bond motifs is 1. The van der Waals surface area contributed by atoms with E-state index in [1.54, 1.807) is 20.8 Å². The summed E-state index contributed by atoms with van der Waals surface area (Å²) < 4.78 is 10.5. The summed E-state index contributed by atoms with van der Waals surface area (Å²) in [6.07, 6.45) is -1.26. The number of hydrogen-bond donors (Lipinski definition) is 1. The molecule has 0 saturated carbocycles. The van der Waals surface area contributed by atoms with Gasteiger partial charge in [-0.15, -0.1) is 5.10 Å². The van der Waals surface area contributed by atoms with Gasteiger partial charge in [0.25, 0.3) is 5.69 Å². The molecular formula is C16H17N5O6. The Kier molecular flexibility index (Phi) is 4.52. The van der Waals surface area contributed by atoms with Crippen LogP contribution in [0.3, 0.4) is 0 Å². The number of nitrogens with zero attached hydrogens (tertiary/aromatic N) is 4. The number of nitrogens with one attached hydrogen (secondary N) is 1. The van der Waals surface area contributed by atoms with Crippen LogP contribution in [0.4, 0.5) is 10.5 Å². The molecule has 1 aromatic carbocycles. The number of non-ortho nitro benzene ring substituents is 1. The van der Waals surface area contributed by atoms with E-state index in [4.69, 9.17) is 9.47 Å². The van der Waals surface area contributed by atoms with Gasteiger partial charge in [0.15, 0.2) is 5.69 Å². The molecule has 11 heteroatoms. The van der Waals surface area contributed by atoms with Gasteiger partial charge in [0.2, 0.25) is 0 Å². The second-order valence-electron chi connectivity index (χ2n) is 6.86. The van der Waals surface area contributed by atoms with Crippen LogP contribution >= 0.6 is 0 Å². The second kappa shape index (κ2) is 6.67. The SMILES string of the molecule is CC(C)(C)OC(=O)Nn1nnc2c1CC(c1ccc([N+](=O)[O-])cc1)OC2=O. The highest BCUT2D eigenvalue weighted by molar-refractivity contribution is 5.89. The maximum atomic E-state index is 12.2. The molecule has 1 aromatic heterocycles. The van der Waals surface area contributed by atoms with E-state index >= 15 is 0 Å². The highest BCUT2D eigenvalue weighted by atomic mass is 16.6. The minimum absolute atomic E-state index is 0.00998. The van der Waals surface area contributed by atoms with Crippen molar-refractivity contribution in [3.63, 3.8) is 0 Å². The van der Waals surface area contributed by atoms with E-state index in [0.717, 1.165) is 4.79 Å². The lowest BCUT2D eigenvalue weighted by atomic mass is 10.0. The molecule has 1 aliphatic rings. The van der Waals surface area contributed by atoms with Crippen LogP contribution in [-0.4, -0.2) is 37.7 Å². The maximum absolute atomic E-state index is 12.2. The van der Waals surface area contributed by atoms with Crippen LogP contribution in [0.25, 0.3) is 0 Å². The third-order valence-electron chi connectivity index (χ3n) is 3.66. The van der Waals surface area contributed by atoms with Gasteiger partial charge in [-0.3, -0.25) is 10.1 Å². The molecular weight excluding hydrogens is 358 g/mol. The molecule has 2 aromatic rings. The quantitative estimate of drug-likeness (QED) is 0.489. The number of ether oxygens (including phenoxy) is 2. The zero-order valence-corrected chi connectivity index (χ0v) is 14.8. The minimum atomic E-state index is -0.749. The predicted octanol–water partition coefficient (Wildman–Crippen LogP) is 2.12. The Morgan fingerprint density at radius 2 is 2.04 bits per heavy atom. The molecule has 0 radical (unpaired) electrons. The number of nitro groups is 1. The first-order valence-electron chi connectivity index (χ1n) is 8.04. The number of amides is 1. The summed E-state index contributed by atoms with van der Waals surface area (Å²) in [5.41, 5.74) is 2.55. The van der Waals surface area contributed by atoms with Crippen molar-refractivity contribution < 1.29 is 24.0 Å². The molecule has 0 saturated heterocycles. The number of benzene rings is 1. The van der Waals surface area contributed by atoms with Gasteiger partial charge < -0.3 is 9.47 Å². The van der Waals surface area contributed by atoms with Crippen LogP contribution in [0.1, 0.15) is 48.6 Å². The average Bonchev–Trinajstić information content (AvgIpc) is 2.96. The minimum Gasteiger partial charge on any atom is -0.452 e. The summed E-state index contributed by atoms with van der Waals surface area (Å²) in [7, 11) is 0.